The van der Waals surface area contributed by atoms with Crippen molar-refractivity contribution < 1.29 is 4.42 Å². The Balaban J connectivity index is 1.38. The molecule has 0 bridgehead atoms. The average Bonchev–Trinajstić information content (AvgIpc) is 3.43. The summed E-state index contributed by atoms with van der Waals surface area (Å²) in [6.45, 7) is 4.14. The second-order valence-electron chi connectivity index (χ2n) is 7.02. The van der Waals surface area contributed by atoms with Crippen LogP contribution >= 0.6 is 11.3 Å². The first-order valence-corrected chi connectivity index (χ1v) is 10.4. The molecule has 0 radical (unpaired) electrons. The fourth-order valence-electron chi connectivity index (χ4n) is 3.70. The van der Waals surface area contributed by atoms with E-state index in [-0.39, 0.29) is 0 Å². The molecule has 1 saturated heterocycles. The van der Waals surface area contributed by atoms with Crippen LogP contribution in [0.4, 0.5) is 10.9 Å². The number of pyridine rings is 1. The number of nitrogens with one attached hydrogen (secondary N) is 1. The van der Waals surface area contributed by atoms with Crippen molar-refractivity contribution in [2.24, 2.45) is 0 Å². The molecule has 28 heavy (non-hydrogen) atoms. The van der Waals surface area contributed by atoms with Crippen molar-refractivity contribution in [3.8, 4) is 6.07 Å². The van der Waals surface area contributed by atoms with E-state index < -0.39 is 0 Å². The predicted molar refractivity (Wildman–Crippen MR) is 110 cm³/mol. The number of hydrogen-bond acceptors (Lipinski definition) is 7. The molecule has 3 aromatic rings. The Bertz CT molecular complexity index is 973. The number of nitrogens with zero attached hydrogens (tertiary/aromatic N) is 4. The van der Waals surface area contributed by atoms with Crippen molar-refractivity contribution >= 4 is 22.3 Å². The highest BCUT2D eigenvalue weighted by molar-refractivity contribution is 7.16. The van der Waals surface area contributed by atoms with Gasteiger partial charge in [0.25, 0.3) is 0 Å². The van der Waals surface area contributed by atoms with Crippen LogP contribution in [0, 0.1) is 18.3 Å². The van der Waals surface area contributed by atoms with Gasteiger partial charge in [0.15, 0.2) is 5.13 Å². The lowest BCUT2D eigenvalue weighted by Crippen LogP contribution is -2.25. The Labute approximate surface area is 168 Å². The molecular formula is C21H23N5OS. The van der Waals surface area contributed by atoms with Crippen LogP contribution in [0.2, 0.25) is 0 Å². The molecule has 1 fully saturated rings. The quantitative estimate of drug-likeness (QED) is 0.620. The highest BCUT2D eigenvalue weighted by Gasteiger charge is 2.26. The molecule has 0 saturated carbocycles. The second kappa shape index (κ2) is 8.55. The van der Waals surface area contributed by atoms with Crippen LogP contribution in [0.25, 0.3) is 0 Å². The lowest BCUT2D eigenvalue weighted by molar-refractivity contribution is 0.248. The van der Waals surface area contributed by atoms with Gasteiger partial charge in [0.05, 0.1) is 17.9 Å². The Morgan fingerprint density at radius 2 is 2.29 bits per heavy atom. The third kappa shape index (κ3) is 4.41. The minimum atomic E-state index is 0.353. The van der Waals surface area contributed by atoms with Gasteiger partial charge in [0, 0.05) is 6.42 Å². The van der Waals surface area contributed by atoms with Gasteiger partial charge < -0.3 is 9.73 Å². The molecule has 0 unspecified atom stereocenters. The molecule has 3 aromatic heterocycles. The van der Waals surface area contributed by atoms with Gasteiger partial charge >= 0.3 is 0 Å². The Kier molecular flexibility index (Phi) is 5.70. The molecule has 0 aromatic carbocycles. The molecule has 0 aliphatic carbocycles. The summed E-state index contributed by atoms with van der Waals surface area (Å²) < 4.78 is 5.68. The maximum absolute atomic E-state index is 8.94. The van der Waals surface area contributed by atoms with Gasteiger partial charge in [-0.2, -0.15) is 5.26 Å². The van der Waals surface area contributed by atoms with Gasteiger partial charge in [0.2, 0.25) is 0 Å². The first kappa shape index (κ1) is 18.7. The first-order valence-electron chi connectivity index (χ1n) is 9.60. The van der Waals surface area contributed by atoms with E-state index in [0.29, 0.717) is 16.1 Å². The fourth-order valence-corrected chi connectivity index (χ4v) is 4.32. The number of nitriles is 1. The summed E-state index contributed by atoms with van der Waals surface area (Å²) in [5.41, 5.74) is 1.09. The predicted octanol–water partition coefficient (Wildman–Crippen LogP) is 4.82. The number of thiazole rings is 1. The number of likely N-dealkylation sites (tertiary alicyclic amines) is 1. The lowest BCUT2D eigenvalue weighted by Gasteiger charge is -2.24. The van der Waals surface area contributed by atoms with Crippen molar-refractivity contribution in [1.82, 2.24) is 14.9 Å². The van der Waals surface area contributed by atoms with Crippen LogP contribution in [-0.2, 0) is 6.42 Å². The van der Waals surface area contributed by atoms with E-state index in [4.69, 9.17) is 14.7 Å². The zero-order chi connectivity index (χ0) is 19.3. The zero-order valence-corrected chi connectivity index (χ0v) is 16.7. The Hall–Kier alpha value is -2.69. The van der Waals surface area contributed by atoms with E-state index in [1.165, 1.54) is 17.8 Å². The molecule has 4 heterocycles. The molecular weight excluding hydrogens is 370 g/mol. The van der Waals surface area contributed by atoms with E-state index in [1.807, 2.05) is 25.1 Å². The molecule has 1 aliphatic rings. The SMILES string of the molecule is Cc1ccc(CCCN2CCC[C@H]2c2cccc(Nc3ncc(C#N)s3)n2)o1. The van der Waals surface area contributed by atoms with Crippen LogP contribution in [0.5, 0.6) is 0 Å². The molecule has 6 nitrogen and oxygen atoms in total. The molecule has 144 valence electrons. The van der Waals surface area contributed by atoms with Gasteiger partial charge in [-0.1, -0.05) is 17.4 Å². The van der Waals surface area contributed by atoms with Crippen molar-refractivity contribution in [2.75, 3.05) is 18.4 Å². The second-order valence-corrected chi connectivity index (χ2v) is 8.05. The smallest absolute Gasteiger partial charge is 0.189 e. The third-order valence-corrected chi connectivity index (χ3v) is 5.81. The number of furan rings is 1. The summed E-state index contributed by atoms with van der Waals surface area (Å²) in [5.74, 6) is 2.82. The van der Waals surface area contributed by atoms with Crippen LogP contribution in [-0.4, -0.2) is 28.0 Å². The topological polar surface area (TPSA) is 78.0 Å². The number of hydrogen-bond donors (Lipinski definition) is 1. The lowest BCUT2D eigenvalue weighted by atomic mass is 10.1. The summed E-state index contributed by atoms with van der Waals surface area (Å²) in [6, 6.07) is 12.6. The first-order chi connectivity index (χ1) is 13.7. The highest BCUT2D eigenvalue weighted by Crippen LogP contribution is 2.32. The fraction of sp³-hybridized carbons (Fsp3) is 0.381. The summed E-state index contributed by atoms with van der Waals surface area (Å²) >= 11 is 1.33. The van der Waals surface area contributed by atoms with Crippen molar-refractivity contribution in [3.63, 3.8) is 0 Å². The summed E-state index contributed by atoms with van der Waals surface area (Å²) in [6.07, 6.45) is 5.96. The van der Waals surface area contributed by atoms with Crippen LogP contribution in [0.15, 0.2) is 40.9 Å². The minimum Gasteiger partial charge on any atom is -0.466 e. The standard InChI is InChI=1S/C21H23N5OS/c1-15-9-10-16(27-15)5-3-11-26-12-4-7-19(26)18-6-2-8-20(24-18)25-21-23-14-17(13-22)28-21/h2,6,8-10,14,19H,3-5,7,11-12H2,1H3,(H,23,24,25)/t19-/m0/s1. The van der Waals surface area contributed by atoms with Crippen molar-refractivity contribution in [2.45, 2.75) is 38.6 Å². The number of anilines is 2. The average molecular weight is 394 g/mol. The minimum absolute atomic E-state index is 0.353. The number of aryl methyl sites for hydroxylation is 2. The third-order valence-electron chi connectivity index (χ3n) is 4.99. The molecule has 1 atom stereocenters. The van der Waals surface area contributed by atoms with Crippen LogP contribution < -0.4 is 5.32 Å². The maximum atomic E-state index is 8.94. The molecule has 1 N–H and O–H groups in total. The van der Waals surface area contributed by atoms with Gasteiger partial charge in [-0.25, -0.2) is 9.97 Å². The van der Waals surface area contributed by atoms with E-state index in [1.54, 1.807) is 6.20 Å². The number of aromatic nitrogens is 2. The number of rotatable bonds is 7. The zero-order valence-electron chi connectivity index (χ0n) is 15.9. The van der Waals surface area contributed by atoms with Crippen molar-refractivity contribution in [3.05, 3.63) is 58.6 Å². The molecule has 0 spiro atoms. The van der Waals surface area contributed by atoms with E-state index in [9.17, 15) is 0 Å². The summed E-state index contributed by atoms with van der Waals surface area (Å²) in [7, 11) is 0. The molecule has 0 amide bonds. The van der Waals surface area contributed by atoms with Gasteiger partial charge in [0.1, 0.15) is 28.3 Å². The molecule has 4 rings (SSSR count). The summed E-state index contributed by atoms with van der Waals surface area (Å²) in [4.78, 5) is 12.2. The van der Waals surface area contributed by atoms with Gasteiger partial charge in [-0.3, -0.25) is 4.90 Å². The molecule has 7 heteroatoms. The monoisotopic (exact) mass is 393 g/mol. The molecule has 1 aliphatic heterocycles. The largest absolute Gasteiger partial charge is 0.466 e. The van der Waals surface area contributed by atoms with Crippen molar-refractivity contribution in [1.29, 1.82) is 5.26 Å². The Morgan fingerprint density at radius 1 is 1.36 bits per heavy atom. The maximum Gasteiger partial charge on any atom is 0.189 e. The van der Waals surface area contributed by atoms with Gasteiger partial charge in [-0.15, -0.1) is 0 Å². The Morgan fingerprint density at radius 3 is 3.07 bits per heavy atom. The van der Waals surface area contributed by atoms with E-state index in [0.717, 1.165) is 55.4 Å². The van der Waals surface area contributed by atoms with Crippen LogP contribution in [0.1, 0.15) is 47.4 Å². The van der Waals surface area contributed by atoms with Crippen LogP contribution in [0.3, 0.4) is 0 Å². The van der Waals surface area contributed by atoms with Gasteiger partial charge in [-0.05, 0) is 63.5 Å². The normalized spacial score (nSPS) is 16.9. The van der Waals surface area contributed by atoms with E-state index in [2.05, 4.69) is 33.4 Å². The highest BCUT2D eigenvalue weighted by atomic mass is 32.1. The van der Waals surface area contributed by atoms with E-state index >= 15 is 0 Å². The summed E-state index contributed by atoms with van der Waals surface area (Å²) in [5, 5.41) is 12.9.